The van der Waals surface area contributed by atoms with E-state index < -0.39 is 5.97 Å². The highest BCUT2D eigenvalue weighted by Gasteiger charge is 2.10. The Labute approximate surface area is 105 Å². The number of hydrogen-bond acceptors (Lipinski definition) is 3. The van der Waals surface area contributed by atoms with Gasteiger partial charge in [-0.25, -0.2) is 4.79 Å². The first-order valence-corrected chi connectivity index (χ1v) is 6.16. The summed E-state index contributed by atoms with van der Waals surface area (Å²) in [5.74, 6) is -0.453. The maximum Gasteiger partial charge on any atom is 0.365 e. The van der Waals surface area contributed by atoms with Crippen molar-refractivity contribution >= 4 is 23.3 Å². The molecule has 17 heavy (non-hydrogen) atoms. The lowest BCUT2D eigenvalue weighted by atomic mass is 9.99. The summed E-state index contributed by atoms with van der Waals surface area (Å²) in [5.41, 5.74) is 1.41. The second-order valence-electron chi connectivity index (χ2n) is 4.11. The molecule has 2 rings (SSSR count). The van der Waals surface area contributed by atoms with Crippen LogP contribution in [-0.2, 0) is 4.84 Å². The molecule has 1 aromatic rings. The Kier molecular flexibility index (Phi) is 4.15. The van der Waals surface area contributed by atoms with Gasteiger partial charge in [-0.2, -0.15) is 0 Å². The third kappa shape index (κ3) is 3.56. The van der Waals surface area contributed by atoms with Gasteiger partial charge in [-0.05, 0) is 43.9 Å². The van der Waals surface area contributed by atoms with Gasteiger partial charge in [0.15, 0.2) is 0 Å². The van der Waals surface area contributed by atoms with Crippen LogP contribution in [-0.4, -0.2) is 11.7 Å². The number of carbonyl (C=O) groups is 1. The molecule has 0 radical (unpaired) electrons. The smallest absolute Gasteiger partial charge is 0.313 e. The first-order chi connectivity index (χ1) is 8.25. The van der Waals surface area contributed by atoms with E-state index in [1.54, 1.807) is 24.3 Å². The normalized spacial score (nSPS) is 15.5. The summed E-state index contributed by atoms with van der Waals surface area (Å²) >= 11 is 5.79. The largest absolute Gasteiger partial charge is 0.365 e. The lowest BCUT2D eigenvalue weighted by molar-refractivity contribution is 0.0513. The second-order valence-corrected chi connectivity index (χ2v) is 4.54. The monoisotopic (exact) mass is 251 g/mol. The Balaban J connectivity index is 1.97. The Morgan fingerprint density at radius 2 is 2.00 bits per heavy atom. The molecule has 90 valence electrons. The summed E-state index contributed by atoms with van der Waals surface area (Å²) < 4.78 is 0. The van der Waals surface area contributed by atoms with Crippen molar-refractivity contribution in [2.45, 2.75) is 32.1 Å². The minimum atomic E-state index is -0.453. The number of oxime groups is 1. The van der Waals surface area contributed by atoms with Gasteiger partial charge in [0.2, 0.25) is 0 Å². The van der Waals surface area contributed by atoms with E-state index in [1.165, 1.54) is 6.42 Å². The Bertz CT molecular complexity index is 435. The summed E-state index contributed by atoms with van der Waals surface area (Å²) in [5, 5.41) is 4.43. The number of nitrogens with zero attached hydrogens (tertiary/aromatic N) is 1. The molecular weight excluding hydrogens is 238 g/mol. The second kappa shape index (κ2) is 5.82. The molecule has 0 amide bonds. The minimum Gasteiger partial charge on any atom is -0.313 e. The molecule has 1 aliphatic carbocycles. The standard InChI is InChI=1S/C13H14ClNO2/c14-11-6-4-5-10(9-11)13(16)17-15-12-7-2-1-3-8-12/h4-6,9H,1-3,7-8H2. The molecule has 0 spiro atoms. The zero-order valence-corrected chi connectivity index (χ0v) is 10.2. The Hall–Kier alpha value is -1.35. The predicted molar refractivity (Wildman–Crippen MR) is 67.4 cm³/mol. The van der Waals surface area contributed by atoms with Crippen molar-refractivity contribution in [3.63, 3.8) is 0 Å². The van der Waals surface area contributed by atoms with Crippen LogP contribution in [0.3, 0.4) is 0 Å². The fourth-order valence-corrected chi connectivity index (χ4v) is 2.02. The van der Waals surface area contributed by atoms with Crippen LogP contribution in [0.25, 0.3) is 0 Å². The molecule has 3 nitrogen and oxygen atoms in total. The third-order valence-corrected chi connectivity index (χ3v) is 2.98. The Morgan fingerprint density at radius 3 is 2.71 bits per heavy atom. The maximum absolute atomic E-state index is 11.7. The van der Waals surface area contributed by atoms with Crippen LogP contribution in [0.4, 0.5) is 0 Å². The van der Waals surface area contributed by atoms with Crippen molar-refractivity contribution in [1.82, 2.24) is 0 Å². The van der Waals surface area contributed by atoms with E-state index in [1.807, 2.05) is 0 Å². The number of hydrogen-bond donors (Lipinski definition) is 0. The van der Waals surface area contributed by atoms with E-state index in [0.29, 0.717) is 10.6 Å². The molecule has 1 aromatic carbocycles. The van der Waals surface area contributed by atoms with Gasteiger partial charge in [0, 0.05) is 5.02 Å². The van der Waals surface area contributed by atoms with Gasteiger partial charge < -0.3 is 4.84 Å². The molecule has 0 saturated heterocycles. The van der Waals surface area contributed by atoms with Crippen LogP contribution in [0, 0.1) is 0 Å². The first-order valence-electron chi connectivity index (χ1n) is 5.78. The minimum absolute atomic E-state index is 0.428. The van der Waals surface area contributed by atoms with Gasteiger partial charge in [-0.3, -0.25) is 0 Å². The van der Waals surface area contributed by atoms with Crippen molar-refractivity contribution in [2.75, 3.05) is 0 Å². The summed E-state index contributed by atoms with van der Waals surface area (Å²) in [7, 11) is 0. The maximum atomic E-state index is 11.7. The molecule has 1 aliphatic rings. The molecule has 0 heterocycles. The topological polar surface area (TPSA) is 38.7 Å². The van der Waals surface area contributed by atoms with Gasteiger partial charge in [0.25, 0.3) is 0 Å². The number of rotatable bonds is 2. The van der Waals surface area contributed by atoms with Gasteiger partial charge >= 0.3 is 5.97 Å². The van der Waals surface area contributed by atoms with Crippen LogP contribution < -0.4 is 0 Å². The zero-order valence-electron chi connectivity index (χ0n) is 9.49. The summed E-state index contributed by atoms with van der Waals surface area (Å²) in [6.45, 7) is 0. The fourth-order valence-electron chi connectivity index (χ4n) is 1.83. The van der Waals surface area contributed by atoms with Crippen LogP contribution in [0.2, 0.25) is 5.02 Å². The lowest BCUT2D eigenvalue weighted by Gasteiger charge is -2.10. The molecule has 0 N–H and O–H groups in total. The van der Waals surface area contributed by atoms with E-state index >= 15 is 0 Å². The van der Waals surface area contributed by atoms with Crippen molar-refractivity contribution in [3.8, 4) is 0 Å². The van der Waals surface area contributed by atoms with E-state index in [9.17, 15) is 4.79 Å². The molecule has 4 heteroatoms. The zero-order chi connectivity index (χ0) is 12.1. The van der Waals surface area contributed by atoms with E-state index in [-0.39, 0.29) is 0 Å². The van der Waals surface area contributed by atoms with E-state index in [2.05, 4.69) is 5.16 Å². The summed E-state index contributed by atoms with van der Waals surface area (Å²) in [6.07, 6.45) is 5.37. The molecule has 1 fully saturated rings. The highest BCUT2D eigenvalue weighted by molar-refractivity contribution is 6.30. The van der Waals surface area contributed by atoms with Gasteiger partial charge in [-0.15, -0.1) is 0 Å². The van der Waals surface area contributed by atoms with Crippen molar-refractivity contribution in [3.05, 3.63) is 34.9 Å². The van der Waals surface area contributed by atoms with Crippen molar-refractivity contribution in [1.29, 1.82) is 0 Å². The van der Waals surface area contributed by atoms with Crippen molar-refractivity contribution in [2.24, 2.45) is 5.16 Å². The molecule has 0 bridgehead atoms. The van der Waals surface area contributed by atoms with Crippen LogP contribution in [0.15, 0.2) is 29.4 Å². The molecular formula is C13H14ClNO2. The highest BCUT2D eigenvalue weighted by atomic mass is 35.5. The SMILES string of the molecule is O=C(ON=C1CCCCC1)c1cccc(Cl)c1. The van der Waals surface area contributed by atoms with Crippen LogP contribution in [0.5, 0.6) is 0 Å². The number of carbonyl (C=O) groups excluding carboxylic acids is 1. The van der Waals surface area contributed by atoms with Gasteiger partial charge in [-0.1, -0.05) is 29.2 Å². The number of benzene rings is 1. The van der Waals surface area contributed by atoms with Crippen molar-refractivity contribution < 1.29 is 9.63 Å². The molecule has 1 saturated carbocycles. The molecule has 0 atom stereocenters. The average molecular weight is 252 g/mol. The molecule has 0 aliphatic heterocycles. The summed E-state index contributed by atoms with van der Waals surface area (Å²) in [4.78, 5) is 16.6. The fraction of sp³-hybridized carbons (Fsp3) is 0.385. The third-order valence-electron chi connectivity index (χ3n) is 2.75. The Morgan fingerprint density at radius 1 is 1.24 bits per heavy atom. The molecule has 0 unspecified atom stereocenters. The molecule has 0 aromatic heterocycles. The first kappa shape index (κ1) is 12.1. The highest BCUT2D eigenvalue weighted by Crippen LogP contribution is 2.16. The summed E-state index contributed by atoms with van der Waals surface area (Å²) in [6, 6.07) is 6.66. The average Bonchev–Trinajstić information content (AvgIpc) is 2.37. The van der Waals surface area contributed by atoms with Crippen LogP contribution in [0.1, 0.15) is 42.5 Å². The van der Waals surface area contributed by atoms with Gasteiger partial charge in [0.1, 0.15) is 0 Å². The quantitative estimate of drug-likeness (QED) is 0.592. The number of halogens is 1. The van der Waals surface area contributed by atoms with E-state index in [0.717, 1.165) is 31.4 Å². The van der Waals surface area contributed by atoms with Gasteiger partial charge in [0.05, 0.1) is 11.3 Å². The van der Waals surface area contributed by atoms with E-state index in [4.69, 9.17) is 16.4 Å². The lowest BCUT2D eigenvalue weighted by Crippen LogP contribution is -2.08. The van der Waals surface area contributed by atoms with Crippen LogP contribution >= 0.6 is 11.6 Å². The predicted octanol–water partition coefficient (Wildman–Crippen LogP) is 3.82.